The summed E-state index contributed by atoms with van der Waals surface area (Å²) >= 11 is 0. The predicted molar refractivity (Wildman–Crippen MR) is 62.8 cm³/mol. The summed E-state index contributed by atoms with van der Waals surface area (Å²) in [6, 6.07) is 0. The first-order valence-electron chi connectivity index (χ1n) is 5.83. The van der Waals surface area contributed by atoms with Gasteiger partial charge in [-0.1, -0.05) is 0 Å². The van der Waals surface area contributed by atoms with E-state index in [0.29, 0.717) is 6.54 Å². The number of amides is 1. The van der Waals surface area contributed by atoms with E-state index in [2.05, 4.69) is 0 Å². The number of hydrogen-bond acceptors (Lipinski definition) is 4. The third kappa shape index (κ3) is 4.34. The highest BCUT2D eigenvalue weighted by molar-refractivity contribution is 5.81. The van der Waals surface area contributed by atoms with Gasteiger partial charge < -0.3 is 14.4 Å². The van der Waals surface area contributed by atoms with Gasteiger partial charge in [-0.05, 0) is 34.6 Å². The van der Waals surface area contributed by atoms with Crippen molar-refractivity contribution in [1.29, 1.82) is 0 Å². The molecule has 0 aromatic carbocycles. The third-order valence-electron chi connectivity index (χ3n) is 2.37. The van der Waals surface area contributed by atoms with Gasteiger partial charge in [-0.15, -0.1) is 0 Å². The number of rotatable bonds is 1. The monoisotopic (exact) mass is 243 g/mol. The van der Waals surface area contributed by atoms with E-state index in [1.807, 2.05) is 27.7 Å². The summed E-state index contributed by atoms with van der Waals surface area (Å²) in [7, 11) is 0. The second-order valence-corrected chi connectivity index (χ2v) is 5.43. The standard InChI is InChI=1S/C12H21NO4/c1-8-6-13(7-10(16-8)9(2)14)11(15)17-12(3,4)5/h8,10H,6-7H2,1-5H3/t8-,10-/m1/s1. The molecule has 0 aromatic rings. The van der Waals surface area contributed by atoms with Crippen LogP contribution in [0, 0.1) is 0 Å². The second kappa shape index (κ2) is 5.04. The summed E-state index contributed by atoms with van der Waals surface area (Å²) in [5.41, 5.74) is -0.523. The topological polar surface area (TPSA) is 55.8 Å². The minimum Gasteiger partial charge on any atom is -0.444 e. The number of carbonyl (C=O) groups excluding carboxylic acids is 2. The largest absolute Gasteiger partial charge is 0.444 e. The van der Waals surface area contributed by atoms with E-state index in [0.717, 1.165) is 0 Å². The fourth-order valence-corrected chi connectivity index (χ4v) is 1.65. The van der Waals surface area contributed by atoms with Crippen molar-refractivity contribution in [3.63, 3.8) is 0 Å². The van der Waals surface area contributed by atoms with Crippen molar-refractivity contribution in [2.24, 2.45) is 0 Å². The summed E-state index contributed by atoms with van der Waals surface area (Å²) in [6.45, 7) is 9.49. The van der Waals surface area contributed by atoms with Crippen LogP contribution in [0.1, 0.15) is 34.6 Å². The maximum atomic E-state index is 11.9. The molecule has 1 rings (SSSR count). The summed E-state index contributed by atoms with van der Waals surface area (Å²) < 4.78 is 10.7. The zero-order valence-corrected chi connectivity index (χ0v) is 11.1. The minimum absolute atomic E-state index is 0.0647. The lowest BCUT2D eigenvalue weighted by atomic mass is 10.1. The van der Waals surface area contributed by atoms with Crippen LogP contribution in [-0.4, -0.2) is 47.7 Å². The van der Waals surface area contributed by atoms with Gasteiger partial charge in [0.15, 0.2) is 5.78 Å². The van der Waals surface area contributed by atoms with E-state index in [1.165, 1.54) is 11.8 Å². The normalized spacial score (nSPS) is 25.6. The zero-order valence-electron chi connectivity index (χ0n) is 11.1. The van der Waals surface area contributed by atoms with E-state index in [9.17, 15) is 9.59 Å². The highest BCUT2D eigenvalue weighted by atomic mass is 16.6. The molecule has 0 radical (unpaired) electrons. The molecular formula is C12H21NO4. The number of Topliss-reactive ketones (excluding diaryl/α,β-unsaturated/α-hetero) is 1. The van der Waals surface area contributed by atoms with Crippen LogP contribution in [0.5, 0.6) is 0 Å². The molecule has 98 valence electrons. The predicted octanol–water partition coefficient (Wildman–Crippen LogP) is 1.60. The molecule has 0 aliphatic carbocycles. The lowest BCUT2D eigenvalue weighted by Crippen LogP contribution is -2.52. The number of hydrogen-bond donors (Lipinski definition) is 0. The summed E-state index contributed by atoms with van der Waals surface area (Å²) in [4.78, 5) is 24.7. The summed E-state index contributed by atoms with van der Waals surface area (Å²) in [5, 5.41) is 0. The SMILES string of the molecule is CC(=O)[C@H]1CN(C(=O)OC(C)(C)C)C[C@@H](C)O1. The maximum Gasteiger partial charge on any atom is 0.410 e. The molecule has 0 bridgehead atoms. The van der Waals surface area contributed by atoms with Gasteiger partial charge in [0.1, 0.15) is 11.7 Å². The van der Waals surface area contributed by atoms with Crippen molar-refractivity contribution in [1.82, 2.24) is 4.90 Å². The Morgan fingerprint density at radius 2 is 1.88 bits per heavy atom. The van der Waals surface area contributed by atoms with Gasteiger partial charge >= 0.3 is 6.09 Å². The van der Waals surface area contributed by atoms with Gasteiger partial charge in [0.05, 0.1) is 19.2 Å². The van der Waals surface area contributed by atoms with Crippen molar-refractivity contribution in [2.45, 2.75) is 52.4 Å². The van der Waals surface area contributed by atoms with Crippen LogP contribution in [0.2, 0.25) is 0 Å². The first-order valence-corrected chi connectivity index (χ1v) is 5.83. The van der Waals surface area contributed by atoms with Crippen molar-refractivity contribution >= 4 is 11.9 Å². The van der Waals surface area contributed by atoms with Crippen LogP contribution in [0.3, 0.4) is 0 Å². The van der Waals surface area contributed by atoms with Crippen LogP contribution in [0.25, 0.3) is 0 Å². The smallest absolute Gasteiger partial charge is 0.410 e. The van der Waals surface area contributed by atoms with Crippen LogP contribution < -0.4 is 0 Å². The molecule has 17 heavy (non-hydrogen) atoms. The van der Waals surface area contributed by atoms with Gasteiger partial charge in [-0.2, -0.15) is 0 Å². The Morgan fingerprint density at radius 3 is 2.35 bits per heavy atom. The minimum atomic E-state index is -0.536. The van der Waals surface area contributed by atoms with E-state index >= 15 is 0 Å². The van der Waals surface area contributed by atoms with E-state index in [4.69, 9.17) is 9.47 Å². The first-order chi connectivity index (χ1) is 7.69. The molecule has 5 nitrogen and oxygen atoms in total. The molecule has 1 heterocycles. The Bertz CT molecular complexity index is 308. The Hall–Kier alpha value is -1.10. The molecule has 0 unspecified atom stereocenters. The fraction of sp³-hybridized carbons (Fsp3) is 0.833. The van der Waals surface area contributed by atoms with E-state index in [1.54, 1.807) is 0 Å². The highest BCUT2D eigenvalue weighted by Gasteiger charge is 2.33. The summed E-state index contributed by atoms with van der Waals surface area (Å²) in [5.74, 6) is -0.0647. The average molecular weight is 243 g/mol. The second-order valence-electron chi connectivity index (χ2n) is 5.43. The third-order valence-corrected chi connectivity index (χ3v) is 2.37. The molecule has 1 aliphatic rings. The lowest BCUT2D eigenvalue weighted by molar-refractivity contribution is -0.140. The lowest BCUT2D eigenvalue weighted by Gasteiger charge is -2.36. The molecule has 0 saturated carbocycles. The number of morpholine rings is 1. The molecule has 1 amide bonds. The molecule has 2 atom stereocenters. The Morgan fingerprint density at radius 1 is 1.29 bits per heavy atom. The fourth-order valence-electron chi connectivity index (χ4n) is 1.65. The molecule has 1 fully saturated rings. The van der Waals surface area contributed by atoms with Crippen LogP contribution in [-0.2, 0) is 14.3 Å². The molecule has 1 aliphatic heterocycles. The maximum absolute atomic E-state index is 11.9. The van der Waals surface area contributed by atoms with E-state index < -0.39 is 11.7 Å². The average Bonchev–Trinajstić information content (AvgIpc) is 2.13. The number of ether oxygens (including phenoxy) is 2. The van der Waals surface area contributed by atoms with Crippen LogP contribution >= 0.6 is 0 Å². The quantitative estimate of drug-likeness (QED) is 0.702. The van der Waals surface area contributed by atoms with Crippen LogP contribution in [0.15, 0.2) is 0 Å². The molecule has 0 spiro atoms. The van der Waals surface area contributed by atoms with Gasteiger partial charge in [0, 0.05) is 0 Å². The van der Waals surface area contributed by atoms with Gasteiger partial charge in [-0.3, -0.25) is 4.79 Å². The highest BCUT2D eigenvalue weighted by Crippen LogP contribution is 2.16. The molecular weight excluding hydrogens is 222 g/mol. The molecule has 5 heteroatoms. The number of nitrogens with zero attached hydrogens (tertiary/aromatic N) is 1. The Labute approximate surface area is 102 Å². The number of carbonyl (C=O) groups is 2. The van der Waals surface area contributed by atoms with Crippen molar-refractivity contribution < 1.29 is 19.1 Å². The van der Waals surface area contributed by atoms with Crippen LogP contribution in [0.4, 0.5) is 4.79 Å². The van der Waals surface area contributed by atoms with Gasteiger partial charge in [0.2, 0.25) is 0 Å². The first kappa shape index (κ1) is 14.0. The summed E-state index contributed by atoms with van der Waals surface area (Å²) in [6.07, 6.45) is -1.07. The van der Waals surface area contributed by atoms with Crippen molar-refractivity contribution in [2.75, 3.05) is 13.1 Å². The Balaban J connectivity index is 2.64. The number of ketones is 1. The molecule has 0 aromatic heterocycles. The molecule has 1 saturated heterocycles. The van der Waals surface area contributed by atoms with Crippen molar-refractivity contribution in [3.8, 4) is 0 Å². The Kier molecular flexibility index (Phi) is 4.14. The van der Waals surface area contributed by atoms with E-state index in [-0.39, 0.29) is 24.5 Å². The zero-order chi connectivity index (χ0) is 13.2. The van der Waals surface area contributed by atoms with Gasteiger partial charge in [0.25, 0.3) is 0 Å². The van der Waals surface area contributed by atoms with Gasteiger partial charge in [-0.25, -0.2) is 4.79 Å². The molecule has 0 N–H and O–H groups in total. The van der Waals surface area contributed by atoms with Crippen molar-refractivity contribution in [3.05, 3.63) is 0 Å².